The van der Waals surface area contributed by atoms with Crippen molar-refractivity contribution in [3.63, 3.8) is 0 Å². The van der Waals surface area contributed by atoms with Crippen LogP contribution >= 0.6 is 11.8 Å². The Bertz CT molecular complexity index is 835. The van der Waals surface area contributed by atoms with Crippen molar-refractivity contribution < 1.29 is 9.59 Å². The molecule has 2 aromatic rings. The van der Waals surface area contributed by atoms with Gasteiger partial charge in [0.05, 0.1) is 5.75 Å². The van der Waals surface area contributed by atoms with Gasteiger partial charge >= 0.3 is 0 Å². The number of anilines is 1. The molecular formula is C19H26N6O2S. The van der Waals surface area contributed by atoms with Crippen LogP contribution in [0, 0.1) is 0 Å². The second-order valence-corrected chi connectivity index (χ2v) is 8.04. The fraction of sp³-hybridized carbons (Fsp3) is 0.474. The highest BCUT2D eigenvalue weighted by Gasteiger charge is 2.29. The first-order chi connectivity index (χ1) is 13.4. The quantitative estimate of drug-likeness (QED) is 0.621. The van der Waals surface area contributed by atoms with Gasteiger partial charge in [-0.3, -0.25) is 14.5 Å². The van der Waals surface area contributed by atoms with Crippen molar-refractivity contribution in [2.45, 2.75) is 37.0 Å². The SMILES string of the molecule is CC(CNC(=O)c1cccc(NC(=O)CSc2nncn2C)c1)N(C)C1CC1. The number of amides is 2. The van der Waals surface area contributed by atoms with Gasteiger partial charge in [0, 0.05) is 36.9 Å². The molecule has 1 fully saturated rings. The number of aromatic nitrogens is 3. The standard InChI is InChI=1S/C19H26N6O2S/c1-13(25(3)16-7-8-16)10-20-18(27)14-5-4-6-15(9-14)22-17(26)11-28-19-23-21-12-24(19)2/h4-6,9,12-13,16H,7-8,10-11H2,1-3H3,(H,20,27)(H,22,26). The Morgan fingerprint density at radius 1 is 1.39 bits per heavy atom. The van der Waals surface area contributed by atoms with E-state index in [0.29, 0.717) is 29.0 Å². The summed E-state index contributed by atoms with van der Waals surface area (Å²) in [7, 11) is 3.93. The lowest BCUT2D eigenvalue weighted by atomic mass is 10.2. The minimum atomic E-state index is -0.162. The maximum absolute atomic E-state index is 12.4. The minimum Gasteiger partial charge on any atom is -0.350 e. The molecule has 28 heavy (non-hydrogen) atoms. The zero-order chi connectivity index (χ0) is 20.1. The minimum absolute atomic E-state index is 0.138. The second kappa shape index (κ2) is 9.20. The van der Waals surface area contributed by atoms with E-state index in [4.69, 9.17) is 0 Å². The molecule has 9 heteroatoms. The summed E-state index contributed by atoms with van der Waals surface area (Å²) < 4.78 is 1.75. The van der Waals surface area contributed by atoms with Gasteiger partial charge in [0.2, 0.25) is 5.91 Å². The summed E-state index contributed by atoms with van der Waals surface area (Å²) in [6, 6.07) is 7.91. The molecule has 1 aliphatic carbocycles. The molecule has 1 unspecified atom stereocenters. The average molecular weight is 403 g/mol. The summed E-state index contributed by atoms with van der Waals surface area (Å²) in [5.74, 6) is -0.0839. The van der Waals surface area contributed by atoms with E-state index < -0.39 is 0 Å². The molecule has 1 aliphatic rings. The van der Waals surface area contributed by atoms with Gasteiger partial charge in [-0.15, -0.1) is 10.2 Å². The van der Waals surface area contributed by atoms with Gasteiger partial charge in [0.15, 0.2) is 5.16 Å². The Morgan fingerprint density at radius 2 is 2.18 bits per heavy atom. The van der Waals surface area contributed by atoms with Gasteiger partial charge in [0.1, 0.15) is 6.33 Å². The van der Waals surface area contributed by atoms with Gasteiger partial charge in [-0.2, -0.15) is 0 Å². The third kappa shape index (κ3) is 5.56. The van der Waals surface area contributed by atoms with Crippen LogP contribution in [0.1, 0.15) is 30.1 Å². The molecular weight excluding hydrogens is 376 g/mol. The molecule has 1 atom stereocenters. The first-order valence-electron chi connectivity index (χ1n) is 9.31. The molecule has 0 aliphatic heterocycles. The largest absolute Gasteiger partial charge is 0.350 e. The Kier molecular flexibility index (Phi) is 6.69. The number of aryl methyl sites for hydroxylation is 1. The highest BCUT2D eigenvalue weighted by molar-refractivity contribution is 7.99. The van der Waals surface area contributed by atoms with Crippen LogP contribution in [0.3, 0.4) is 0 Å². The maximum atomic E-state index is 12.4. The Balaban J connectivity index is 1.49. The summed E-state index contributed by atoms with van der Waals surface area (Å²) in [6.07, 6.45) is 4.07. The van der Waals surface area contributed by atoms with Crippen LogP contribution in [0.2, 0.25) is 0 Å². The smallest absolute Gasteiger partial charge is 0.251 e. The van der Waals surface area contributed by atoms with Gasteiger partial charge in [0.25, 0.3) is 5.91 Å². The van der Waals surface area contributed by atoms with Crippen LogP contribution in [-0.4, -0.2) is 62.9 Å². The van der Waals surface area contributed by atoms with E-state index in [9.17, 15) is 9.59 Å². The van der Waals surface area contributed by atoms with Crippen LogP contribution in [0.4, 0.5) is 5.69 Å². The average Bonchev–Trinajstić information content (AvgIpc) is 3.46. The van der Waals surface area contributed by atoms with E-state index in [-0.39, 0.29) is 23.6 Å². The van der Waals surface area contributed by atoms with Crippen LogP contribution in [0.5, 0.6) is 0 Å². The molecule has 3 rings (SSSR count). The lowest BCUT2D eigenvalue weighted by Gasteiger charge is -2.24. The zero-order valence-corrected chi connectivity index (χ0v) is 17.2. The number of thioether (sulfide) groups is 1. The van der Waals surface area contributed by atoms with E-state index in [1.165, 1.54) is 24.6 Å². The number of likely N-dealkylation sites (N-methyl/N-ethyl adjacent to an activating group) is 1. The number of rotatable bonds is 9. The fourth-order valence-electron chi connectivity index (χ4n) is 2.80. The number of carbonyl (C=O) groups is 2. The van der Waals surface area contributed by atoms with Crippen molar-refractivity contribution in [2.75, 3.05) is 24.7 Å². The van der Waals surface area contributed by atoms with Crippen molar-refractivity contribution in [3.05, 3.63) is 36.2 Å². The van der Waals surface area contributed by atoms with Gasteiger partial charge in [-0.25, -0.2) is 0 Å². The lowest BCUT2D eigenvalue weighted by Crippen LogP contribution is -2.41. The lowest BCUT2D eigenvalue weighted by molar-refractivity contribution is -0.113. The monoisotopic (exact) mass is 402 g/mol. The highest BCUT2D eigenvalue weighted by Crippen LogP contribution is 2.26. The van der Waals surface area contributed by atoms with E-state index in [1.807, 2.05) is 7.05 Å². The molecule has 2 amide bonds. The Labute approximate surface area is 169 Å². The summed E-state index contributed by atoms with van der Waals surface area (Å²) >= 11 is 1.31. The van der Waals surface area contributed by atoms with Crippen molar-refractivity contribution in [3.8, 4) is 0 Å². The first kappa shape index (κ1) is 20.3. The van der Waals surface area contributed by atoms with Crippen LogP contribution < -0.4 is 10.6 Å². The molecule has 1 heterocycles. The normalized spacial score (nSPS) is 14.7. The van der Waals surface area contributed by atoms with Crippen LogP contribution in [0.25, 0.3) is 0 Å². The predicted molar refractivity (Wildman–Crippen MR) is 109 cm³/mol. The molecule has 1 aromatic heterocycles. The van der Waals surface area contributed by atoms with Gasteiger partial charge in [-0.1, -0.05) is 17.8 Å². The number of benzene rings is 1. The third-order valence-electron chi connectivity index (χ3n) is 4.79. The molecule has 0 radical (unpaired) electrons. The fourth-order valence-corrected chi connectivity index (χ4v) is 3.48. The van der Waals surface area contributed by atoms with E-state index in [0.717, 1.165) is 0 Å². The molecule has 2 N–H and O–H groups in total. The van der Waals surface area contributed by atoms with Gasteiger partial charge in [-0.05, 0) is 45.0 Å². The second-order valence-electron chi connectivity index (χ2n) is 7.10. The van der Waals surface area contributed by atoms with Gasteiger partial charge < -0.3 is 15.2 Å². The summed E-state index contributed by atoms with van der Waals surface area (Å²) in [5.41, 5.74) is 1.12. The van der Waals surface area contributed by atoms with Crippen molar-refractivity contribution in [1.29, 1.82) is 0 Å². The van der Waals surface area contributed by atoms with E-state index >= 15 is 0 Å². The highest BCUT2D eigenvalue weighted by atomic mass is 32.2. The predicted octanol–water partition coefficient (Wildman–Crippen LogP) is 1.76. The number of nitrogens with zero attached hydrogens (tertiary/aromatic N) is 4. The molecule has 1 saturated carbocycles. The van der Waals surface area contributed by atoms with Crippen LogP contribution in [-0.2, 0) is 11.8 Å². The number of hydrogen-bond acceptors (Lipinski definition) is 6. The molecule has 0 spiro atoms. The maximum Gasteiger partial charge on any atom is 0.251 e. The summed E-state index contributed by atoms with van der Waals surface area (Å²) in [6.45, 7) is 2.71. The molecule has 8 nitrogen and oxygen atoms in total. The first-order valence-corrected chi connectivity index (χ1v) is 10.3. The van der Waals surface area contributed by atoms with Crippen molar-refractivity contribution in [2.24, 2.45) is 7.05 Å². The van der Waals surface area contributed by atoms with E-state index in [1.54, 1.807) is 35.2 Å². The molecule has 0 saturated heterocycles. The molecule has 0 bridgehead atoms. The van der Waals surface area contributed by atoms with E-state index in [2.05, 4.69) is 39.7 Å². The summed E-state index contributed by atoms with van der Waals surface area (Å²) in [5, 5.41) is 14.2. The molecule has 1 aromatic carbocycles. The number of nitrogens with one attached hydrogen (secondary N) is 2. The number of hydrogen-bond donors (Lipinski definition) is 2. The Hall–Kier alpha value is -2.39. The molecule has 150 valence electrons. The van der Waals surface area contributed by atoms with Crippen LogP contribution in [0.15, 0.2) is 35.7 Å². The van der Waals surface area contributed by atoms with Crippen molar-refractivity contribution in [1.82, 2.24) is 25.0 Å². The Morgan fingerprint density at radius 3 is 2.86 bits per heavy atom. The third-order valence-corrected chi connectivity index (χ3v) is 5.82. The zero-order valence-electron chi connectivity index (χ0n) is 16.4. The number of carbonyl (C=O) groups excluding carboxylic acids is 2. The summed E-state index contributed by atoms with van der Waals surface area (Å²) in [4.78, 5) is 26.9. The van der Waals surface area contributed by atoms with Crippen molar-refractivity contribution >= 4 is 29.3 Å². The topological polar surface area (TPSA) is 92.1 Å².